The smallest absolute Gasteiger partial charge is 0.193 e. The lowest BCUT2D eigenvalue weighted by Crippen LogP contribution is -2.38. The number of guanidine groups is 1. The van der Waals surface area contributed by atoms with Gasteiger partial charge in [0.15, 0.2) is 17.5 Å². The maximum atomic E-state index is 13.1. The van der Waals surface area contributed by atoms with E-state index in [0.29, 0.717) is 35.3 Å². The van der Waals surface area contributed by atoms with Crippen LogP contribution in [-0.4, -0.2) is 36.7 Å². The number of Topliss-reactive ketones (excluding diaryl/α,β-unsaturated/α-hetero) is 2. The van der Waals surface area contributed by atoms with Crippen LogP contribution >= 0.6 is 0 Å². The number of benzene rings is 2. The molecule has 2 aromatic carbocycles. The molecule has 0 saturated carbocycles. The van der Waals surface area contributed by atoms with Gasteiger partial charge in [-0.25, -0.2) is 4.39 Å². The Kier molecular flexibility index (Phi) is 8.72. The monoisotopic (exact) mass is 452 g/mol. The maximum Gasteiger partial charge on any atom is 0.193 e. The van der Waals surface area contributed by atoms with Crippen LogP contribution < -0.4 is 16.4 Å². The zero-order valence-electron chi connectivity index (χ0n) is 19.4. The Bertz CT molecular complexity index is 972. The van der Waals surface area contributed by atoms with Crippen molar-refractivity contribution < 1.29 is 14.0 Å². The molecule has 1 saturated heterocycles. The molecule has 6 nitrogen and oxygen atoms in total. The Morgan fingerprint density at radius 1 is 1.12 bits per heavy atom. The van der Waals surface area contributed by atoms with Gasteiger partial charge in [0.1, 0.15) is 5.82 Å². The van der Waals surface area contributed by atoms with Crippen LogP contribution in [0.5, 0.6) is 0 Å². The van der Waals surface area contributed by atoms with Crippen molar-refractivity contribution in [1.82, 2.24) is 5.32 Å². The van der Waals surface area contributed by atoms with Crippen molar-refractivity contribution >= 4 is 23.2 Å². The van der Waals surface area contributed by atoms with E-state index in [2.05, 4.69) is 15.6 Å². The minimum Gasteiger partial charge on any atom is -0.370 e. The second-order valence-electron chi connectivity index (χ2n) is 8.82. The Morgan fingerprint density at radius 3 is 2.42 bits per heavy atom. The third kappa shape index (κ3) is 7.79. The lowest BCUT2D eigenvalue weighted by atomic mass is 9.86. The first-order chi connectivity index (χ1) is 15.8. The van der Waals surface area contributed by atoms with Gasteiger partial charge in [0.2, 0.25) is 0 Å². The first kappa shape index (κ1) is 24.6. The summed E-state index contributed by atoms with van der Waals surface area (Å²) in [6, 6.07) is 12.2. The van der Waals surface area contributed by atoms with Gasteiger partial charge in [0, 0.05) is 29.4 Å². The molecule has 176 valence electrons. The highest BCUT2D eigenvalue weighted by atomic mass is 19.1. The van der Waals surface area contributed by atoms with Gasteiger partial charge in [0.25, 0.3) is 0 Å². The molecule has 7 heteroatoms. The summed E-state index contributed by atoms with van der Waals surface area (Å²) in [7, 11) is 0. The molecule has 1 aliphatic heterocycles. The van der Waals surface area contributed by atoms with E-state index in [4.69, 9.17) is 5.73 Å². The van der Waals surface area contributed by atoms with Crippen LogP contribution in [-0.2, 0) is 6.42 Å². The molecule has 3 rings (SSSR count). The van der Waals surface area contributed by atoms with Crippen LogP contribution in [0.3, 0.4) is 0 Å². The second-order valence-corrected chi connectivity index (χ2v) is 8.82. The van der Waals surface area contributed by atoms with E-state index in [9.17, 15) is 14.0 Å². The van der Waals surface area contributed by atoms with Gasteiger partial charge < -0.3 is 16.4 Å². The number of nitrogens with one attached hydrogen (secondary N) is 2. The van der Waals surface area contributed by atoms with Crippen molar-refractivity contribution in [3.05, 3.63) is 65.0 Å². The Morgan fingerprint density at radius 2 is 1.79 bits per heavy atom. The van der Waals surface area contributed by atoms with Gasteiger partial charge in [-0.3, -0.25) is 14.6 Å². The van der Waals surface area contributed by atoms with E-state index >= 15 is 0 Å². The number of nitrogens with two attached hydrogens (primary N) is 1. The molecule has 2 aromatic rings. The fraction of sp³-hybridized carbons (Fsp3) is 0.423. The molecule has 0 unspecified atom stereocenters. The summed E-state index contributed by atoms with van der Waals surface area (Å²) in [5, 5.41) is 6.58. The predicted molar refractivity (Wildman–Crippen MR) is 130 cm³/mol. The van der Waals surface area contributed by atoms with Crippen molar-refractivity contribution in [3.63, 3.8) is 0 Å². The predicted octanol–water partition coefficient (Wildman–Crippen LogP) is 4.35. The minimum atomic E-state index is -0.192. The van der Waals surface area contributed by atoms with Crippen LogP contribution in [0.25, 0.3) is 0 Å². The van der Waals surface area contributed by atoms with Crippen LogP contribution in [0.2, 0.25) is 0 Å². The first-order valence-corrected chi connectivity index (χ1v) is 11.5. The average molecular weight is 453 g/mol. The van der Waals surface area contributed by atoms with Gasteiger partial charge in [-0.2, -0.15) is 0 Å². The summed E-state index contributed by atoms with van der Waals surface area (Å²) in [6.07, 6.45) is 5.11. The molecule has 0 radical (unpaired) electrons. The van der Waals surface area contributed by atoms with E-state index in [1.807, 2.05) is 12.1 Å². The number of anilines is 1. The lowest BCUT2D eigenvalue weighted by molar-refractivity contribution is 0.101. The third-order valence-electron chi connectivity index (χ3n) is 6.05. The van der Waals surface area contributed by atoms with Crippen molar-refractivity contribution in [2.75, 3.05) is 18.4 Å². The molecule has 1 fully saturated rings. The highest BCUT2D eigenvalue weighted by Gasteiger charge is 2.21. The fourth-order valence-corrected chi connectivity index (χ4v) is 4.29. The highest BCUT2D eigenvalue weighted by Crippen LogP contribution is 2.23. The largest absolute Gasteiger partial charge is 0.370 e. The first-order valence-electron chi connectivity index (χ1n) is 11.5. The molecule has 1 heterocycles. The molecule has 1 aliphatic rings. The summed E-state index contributed by atoms with van der Waals surface area (Å²) >= 11 is 0. The van der Waals surface area contributed by atoms with Gasteiger partial charge >= 0.3 is 0 Å². The van der Waals surface area contributed by atoms with Gasteiger partial charge in [-0.1, -0.05) is 12.1 Å². The number of carbonyl (C=O) groups excluding carboxylic acids is 2. The topological polar surface area (TPSA) is 96.6 Å². The van der Waals surface area contributed by atoms with Gasteiger partial charge in [-0.15, -0.1) is 0 Å². The number of nitrogens with zero attached hydrogens (tertiary/aromatic N) is 1. The molecular formula is C26H33FN4O2. The quantitative estimate of drug-likeness (QED) is 0.228. The number of halogens is 1. The number of rotatable bonds is 9. The number of aliphatic imine (C=N–C) groups is 1. The Balaban J connectivity index is 1.46. The number of hydrogen-bond donors (Lipinski definition) is 3. The Hall–Kier alpha value is -3.06. The molecule has 4 N–H and O–H groups in total. The average Bonchev–Trinajstić information content (AvgIpc) is 2.78. The highest BCUT2D eigenvalue weighted by molar-refractivity contribution is 6.02. The van der Waals surface area contributed by atoms with Crippen molar-refractivity contribution in [2.24, 2.45) is 16.6 Å². The second kappa shape index (κ2) is 11.7. The number of hydrogen-bond acceptors (Lipinski definition) is 4. The molecule has 0 aliphatic carbocycles. The summed E-state index contributed by atoms with van der Waals surface area (Å²) < 4.78 is 13.1. The van der Waals surface area contributed by atoms with E-state index in [-0.39, 0.29) is 23.3 Å². The third-order valence-corrected chi connectivity index (χ3v) is 6.05. The summed E-state index contributed by atoms with van der Waals surface area (Å²) in [5.74, 6) is 0.433. The van der Waals surface area contributed by atoms with Crippen LogP contribution in [0.1, 0.15) is 65.8 Å². The van der Waals surface area contributed by atoms with Gasteiger partial charge in [-0.05, 0) is 94.3 Å². The van der Waals surface area contributed by atoms with Crippen molar-refractivity contribution in [2.45, 2.75) is 52.0 Å². The number of carbonyl (C=O) groups is 2. The summed E-state index contributed by atoms with van der Waals surface area (Å²) in [5.41, 5.74) is 8.70. The molecular weight excluding hydrogens is 419 g/mol. The van der Waals surface area contributed by atoms with Crippen LogP contribution in [0.4, 0.5) is 10.1 Å². The van der Waals surface area contributed by atoms with Crippen LogP contribution in [0.15, 0.2) is 47.5 Å². The SMILES string of the molecule is CC(=O)c1cc(NC(N)=NCCC[C@H]2C[C@H](Cc3ccc(F)cc3)CCN2)cc(C(C)=O)c1. The minimum absolute atomic E-state index is 0.116. The number of ketones is 2. The van der Waals surface area contributed by atoms with E-state index < -0.39 is 0 Å². The van der Waals surface area contributed by atoms with Gasteiger partial charge in [0.05, 0.1) is 0 Å². The molecule has 0 spiro atoms. The summed E-state index contributed by atoms with van der Waals surface area (Å²) in [6.45, 7) is 4.51. The molecule has 0 bridgehead atoms. The molecule has 2 atom stereocenters. The molecule has 33 heavy (non-hydrogen) atoms. The fourth-order valence-electron chi connectivity index (χ4n) is 4.29. The number of piperidine rings is 1. The van der Waals surface area contributed by atoms with Crippen LogP contribution in [0, 0.1) is 11.7 Å². The van der Waals surface area contributed by atoms with E-state index in [0.717, 1.165) is 38.6 Å². The van der Waals surface area contributed by atoms with Crippen molar-refractivity contribution in [3.8, 4) is 0 Å². The maximum absolute atomic E-state index is 13.1. The summed E-state index contributed by atoms with van der Waals surface area (Å²) in [4.78, 5) is 27.9. The van der Waals surface area contributed by atoms with Crippen molar-refractivity contribution in [1.29, 1.82) is 0 Å². The van der Waals surface area contributed by atoms with E-state index in [1.54, 1.807) is 18.2 Å². The Labute approximate surface area is 194 Å². The standard InChI is InChI=1S/C26H33FN4O2/c1-17(32)21-14-22(18(2)33)16-25(15-21)31-26(28)30-10-3-4-24-13-20(9-11-29-24)12-19-5-7-23(27)8-6-19/h5-8,14-16,20,24,29H,3-4,9-13H2,1-2H3,(H3,28,30,31)/t20-,24-/m0/s1. The zero-order valence-corrected chi connectivity index (χ0v) is 19.4. The lowest BCUT2D eigenvalue weighted by Gasteiger charge is -2.30. The zero-order chi connectivity index (χ0) is 23.8. The normalized spacial score (nSPS) is 18.7. The van der Waals surface area contributed by atoms with E-state index in [1.165, 1.54) is 31.5 Å². The molecule has 0 amide bonds. The molecule has 0 aromatic heterocycles.